The lowest BCUT2D eigenvalue weighted by atomic mass is 10.1. The molecule has 0 aliphatic carbocycles. The van der Waals surface area contributed by atoms with E-state index in [1.165, 1.54) is 0 Å². The number of carboxylic acid groups (broad SMARTS) is 1. The summed E-state index contributed by atoms with van der Waals surface area (Å²) in [6, 6.07) is 5.51. The number of para-hydroxylation sites is 1. The van der Waals surface area contributed by atoms with Gasteiger partial charge in [-0.25, -0.2) is 0 Å². The number of benzene rings is 1. The fourth-order valence-corrected chi connectivity index (χ4v) is 1.37. The van der Waals surface area contributed by atoms with Crippen LogP contribution in [0.15, 0.2) is 30.4 Å². The first-order valence-electron chi connectivity index (χ1n) is 4.45. The predicted octanol–water partition coefficient (Wildman–Crippen LogP) is 1.79. The molecule has 1 aromatic carbocycles. The minimum absolute atomic E-state index is 0.0105. The molecular formula is C10H9NO2. The van der Waals surface area contributed by atoms with Crippen LogP contribution in [0.25, 0.3) is 10.9 Å². The molecule has 0 bridgehead atoms. The van der Waals surface area contributed by atoms with Crippen LogP contribution >= 0.6 is 0 Å². The van der Waals surface area contributed by atoms with Crippen LogP contribution in [-0.2, 0) is 11.2 Å². The lowest BCUT2D eigenvalue weighted by molar-refractivity contribution is -0.136. The molecule has 66 valence electrons. The van der Waals surface area contributed by atoms with Crippen LogP contribution in [0.5, 0.6) is 0 Å². The Morgan fingerprint density at radius 1 is 1.62 bits per heavy atom. The minimum atomic E-state index is -0.860. The molecular weight excluding hydrogens is 166 g/mol. The number of hydrogen-bond donors (Lipinski definition) is 2. The lowest BCUT2D eigenvalue weighted by Gasteiger charge is -1.92. The standard InChI is InChI=1S/C10H9NO2/c12-10(13)5-7-6-11-9-4-2-1-3-8(7)9/h1-4,6,11H,5H2,(H,12,13)/i1T. The van der Waals surface area contributed by atoms with Gasteiger partial charge in [-0.3, -0.25) is 4.79 Å². The second kappa shape index (κ2) is 2.94. The SMILES string of the molecule is [3H]c1ccc2[nH]cc(CC(=O)O)c2c1. The van der Waals surface area contributed by atoms with Crippen LogP contribution in [0, 0.1) is 0 Å². The summed E-state index contributed by atoms with van der Waals surface area (Å²) >= 11 is 0. The first-order chi connectivity index (χ1) is 6.66. The van der Waals surface area contributed by atoms with Crippen molar-refractivity contribution in [2.45, 2.75) is 6.42 Å². The van der Waals surface area contributed by atoms with E-state index in [1.807, 2.05) is 0 Å². The highest BCUT2D eigenvalue weighted by Gasteiger charge is 2.05. The van der Waals surface area contributed by atoms with Crippen LogP contribution in [0.3, 0.4) is 0 Å². The molecule has 0 fully saturated rings. The van der Waals surface area contributed by atoms with Crippen molar-refractivity contribution in [2.75, 3.05) is 0 Å². The van der Waals surface area contributed by atoms with Crippen LogP contribution in [0.4, 0.5) is 0 Å². The van der Waals surface area contributed by atoms with Gasteiger partial charge in [0.25, 0.3) is 0 Å². The third-order valence-electron chi connectivity index (χ3n) is 1.95. The number of hydrogen-bond acceptors (Lipinski definition) is 1. The van der Waals surface area contributed by atoms with Gasteiger partial charge >= 0.3 is 5.97 Å². The van der Waals surface area contributed by atoms with E-state index in [1.54, 1.807) is 24.4 Å². The van der Waals surface area contributed by atoms with E-state index < -0.39 is 5.97 Å². The first kappa shape index (κ1) is 6.71. The highest BCUT2D eigenvalue weighted by atomic mass is 16.4. The highest BCUT2D eigenvalue weighted by Crippen LogP contribution is 2.17. The van der Waals surface area contributed by atoms with Gasteiger partial charge in [0.05, 0.1) is 7.79 Å². The van der Waals surface area contributed by atoms with Gasteiger partial charge in [-0.1, -0.05) is 18.2 Å². The van der Waals surface area contributed by atoms with Gasteiger partial charge < -0.3 is 10.1 Å². The van der Waals surface area contributed by atoms with Gasteiger partial charge in [-0.05, 0) is 11.6 Å². The summed E-state index contributed by atoms with van der Waals surface area (Å²) in [5, 5.41) is 9.47. The zero-order valence-corrected chi connectivity index (χ0v) is 6.87. The molecule has 13 heavy (non-hydrogen) atoms. The zero-order chi connectivity index (χ0) is 10.1. The second-order valence-electron chi connectivity index (χ2n) is 2.86. The Labute approximate surface area is 76.4 Å². The Hall–Kier alpha value is -1.77. The summed E-state index contributed by atoms with van der Waals surface area (Å²) in [5.41, 5.74) is 1.60. The largest absolute Gasteiger partial charge is 0.481 e. The third kappa shape index (κ3) is 1.40. The van der Waals surface area contributed by atoms with Crippen molar-refractivity contribution < 1.29 is 11.3 Å². The molecule has 0 radical (unpaired) electrons. The molecule has 0 saturated carbocycles. The maximum Gasteiger partial charge on any atom is 0.307 e. The van der Waals surface area contributed by atoms with Gasteiger partial charge in [0, 0.05) is 17.1 Å². The van der Waals surface area contributed by atoms with Crippen LogP contribution < -0.4 is 0 Å². The minimum Gasteiger partial charge on any atom is -0.481 e. The molecule has 3 heteroatoms. The maximum absolute atomic E-state index is 10.5. The Morgan fingerprint density at radius 2 is 2.46 bits per heavy atom. The first-order valence-corrected chi connectivity index (χ1v) is 3.95. The number of nitrogens with one attached hydrogen (secondary N) is 1. The molecule has 2 N–H and O–H groups in total. The van der Waals surface area contributed by atoms with Gasteiger partial charge in [0.1, 0.15) is 0 Å². The van der Waals surface area contributed by atoms with E-state index in [4.69, 9.17) is 6.48 Å². The molecule has 2 rings (SSSR count). The molecule has 0 saturated heterocycles. The zero-order valence-electron chi connectivity index (χ0n) is 7.87. The molecule has 2 aromatic rings. The summed E-state index contributed by atoms with van der Waals surface area (Å²) in [4.78, 5) is 13.5. The van der Waals surface area contributed by atoms with Crippen molar-refractivity contribution in [3.8, 4) is 0 Å². The molecule has 0 unspecified atom stereocenters. The molecule has 0 atom stereocenters. The monoisotopic (exact) mass is 177 g/mol. The van der Waals surface area contributed by atoms with Crippen molar-refractivity contribution in [1.29, 1.82) is 0 Å². The smallest absolute Gasteiger partial charge is 0.307 e. The summed E-state index contributed by atoms with van der Waals surface area (Å²) in [7, 11) is 0. The Morgan fingerprint density at radius 3 is 3.23 bits per heavy atom. The molecule has 0 aliphatic heterocycles. The van der Waals surface area contributed by atoms with Crippen LogP contribution in [0.2, 0.25) is 0 Å². The Balaban J connectivity index is 2.55. The number of fused-ring (bicyclic) bond motifs is 1. The summed E-state index contributed by atoms with van der Waals surface area (Å²) in [6.45, 7) is 0. The van der Waals surface area contributed by atoms with Crippen molar-refractivity contribution >= 4 is 16.9 Å². The van der Waals surface area contributed by atoms with Crippen LogP contribution in [0.1, 0.15) is 6.93 Å². The van der Waals surface area contributed by atoms with E-state index >= 15 is 0 Å². The molecule has 1 heterocycles. The molecule has 1 aromatic heterocycles. The van der Waals surface area contributed by atoms with E-state index in [-0.39, 0.29) is 6.42 Å². The highest BCUT2D eigenvalue weighted by molar-refractivity contribution is 5.86. The molecule has 0 spiro atoms. The molecule has 3 nitrogen and oxygen atoms in total. The van der Waals surface area contributed by atoms with Crippen LogP contribution in [-0.4, -0.2) is 16.1 Å². The number of aromatic amines is 1. The third-order valence-corrected chi connectivity index (χ3v) is 1.95. The fraction of sp³-hybridized carbons (Fsp3) is 0.100. The Bertz CT molecular complexity index is 490. The summed E-state index contributed by atoms with van der Waals surface area (Å²) in [5.74, 6) is -0.860. The quantitative estimate of drug-likeness (QED) is 0.734. The van der Waals surface area contributed by atoms with E-state index in [9.17, 15) is 4.79 Å². The topological polar surface area (TPSA) is 53.1 Å². The van der Waals surface area contributed by atoms with E-state index in [0.717, 1.165) is 16.5 Å². The number of aromatic nitrogens is 1. The predicted molar refractivity (Wildman–Crippen MR) is 49.6 cm³/mol. The van der Waals surface area contributed by atoms with Gasteiger partial charge in [-0.2, -0.15) is 0 Å². The van der Waals surface area contributed by atoms with E-state index in [2.05, 4.69) is 4.98 Å². The number of H-pyrrole nitrogens is 1. The number of carboxylic acids is 1. The van der Waals surface area contributed by atoms with E-state index in [0.29, 0.717) is 6.04 Å². The second-order valence-corrected chi connectivity index (χ2v) is 2.86. The summed E-state index contributed by atoms with van der Waals surface area (Å²) < 4.78 is 7.43. The van der Waals surface area contributed by atoms with Gasteiger partial charge in [0.15, 0.2) is 0 Å². The van der Waals surface area contributed by atoms with Gasteiger partial charge in [-0.15, -0.1) is 0 Å². The fourth-order valence-electron chi connectivity index (χ4n) is 1.37. The Kier molecular flexibility index (Phi) is 1.52. The van der Waals surface area contributed by atoms with Crippen molar-refractivity contribution in [3.05, 3.63) is 36.0 Å². The average molecular weight is 177 g/mol. The van der Waals surface area contributed by atoms with Crippen molar-refractivity contribution in [3.63, 3.8) is 0 Å². The van der Waals surface area contributed by atoms with Crippen molar-refractivity contribution in [1.82, 2.24) is 4.98 Å². The average Bonchev–Trinajstić information content (AvgIpc) is 2.47. The normalized spacial score (nSPS) is 11.5. The lowest BCUT2D eigenvalue weighted by Crippen LogP contribution is -1.98. The number of aliphatic carboxylic acids is 1. The molecule has 0 amide bonds. The molecule has 0 aliphatic rings. The number of rotatable bonds is 2. The van der Waals surface area contributed by atoms with Crippen molar-refractivity contribution in [2.24, 2.45) is 0 Å². The maximum atomic E-state index is 10.5. The van der Waals surface area contributed by atoms with Gasteiger partial charge in [0.2, 0.25) is 0 Å². The number of carbonyl (C=O) groups is 1. The summed E-state index contributed by atoms with van der Waals surface area (Å²) in [6.07, 6.45) is 1.67.